The van der Waals surface area contributed by atoms with Crippen molar-refractivity contribution in [1.29, 1.82) is 0 Å². The molecule has 0 aliphatic carbocycles. The number of esters is 2. The van der Waals surface area contributed by atoms with Gasteiger partial charge in [0, 0.05) is 12.8 Å². The number of amides is 1. The summed E-state index contributed by atoms with van der Waals surface area (Å²) in [5.41, 5.74) is 0. The molecule has 298 valence electrons. The van der Waals surface area contributed by atoms with Gasteiger partial charge < -0.3 is 31.7 Å². The van der Waals surface area contributed by atoms with Crippen LogP contribution in [0.15, 0.2) is 0 Å². The van der Waals surface area contributed by atoms with E-state index < -0.39 is 12.0 Å². The Hall–Kier alpha value is -1.34. The molecule has 0 saturated carbocycles. The average molecular weight is 732 g/mol. The topological polar surface area (TPSA) is 81.7 Å². The zero-order valence-electron chi connectivity index (χ0n) is 33.8. The molecule has 50 heavy (non-hydrogen) atoms. The number of carbonyl (C=O) groups excluding carboxylic acids is 3. The van der Waals surface area contributed by atoms with E-state index in [9.17, 15) is 14.4 Å². The standard InChI is InChI=1S/C42H82N2O5.ClH/c1-6-8-10-12-14-16-18-20-22-24-26-31-37-48-41(46)35-34-39(43-40(45)33-29-28-30-36-44(3,4)5)42(47)49-38-32-27-25-23-21-19-17-15-13-11-9-7-2;/h39H,6-38H2,1-5H3;1H. The number of quaternary nitrogens is 1. The van der Waals surface area contributed by atoms with E-state index in [1.54, 1.807) is 0 Å². The van der Waals surface area contributed by atoms with Crippen molar-refractivity contribution in [2.75, 3.05) is 40.9 Å². The minimum Gasteiger partial charge on any atom is -1.00 e. The molecule has 1 unspecified atom stereocenters. The van der Waals surface area contributed by atoms with Gasteiger partial charge in [-0.1, -0.05) is 155 Å². The number of ether oxygens (including phenoxy) is 2. The van der Waals surface area contributed by atoms with Crippen molar-refractivity contribution in [3.05, 3.63) is 0 Å². The maximum absolute atomic E-state index is 13.0. The Morgan fingerprint density at radius 2 is 0.880 bits per heavy atom. The van der Waals surface area contributed by atoms with Crippen LogP contribution in [0, 0.1) is 0 Å². The summed E-state index contributed by atoms with van der Waals surface area (Å²) >= 11 is 0. The molecule has 8 heteroatoms. The van der Waals surface area contributed by atoms with Crippen molar-refractivity contribution in [2.24, 2.45) is 0 Å². The molecule has 1 N–H and O–H groups in total. The highest BCUT2D eigenvalue weighted by Gasteiger charge is 2.23. The second-order valence-electron chi connectivity index (χ2n) is 15.6. The van der Waals surface area contributed by atoms with Gasteiger partial charge in [0.05, 0.1) is 40.9 Å². The predicted octanol–water partition coefficient (Wildman–Crippen LogP) is 8.01. The Labute approximate surface area is 316 Å². The number of hydrogen-bond donors (Lipinski definition) is 1. The third kappa shape index (κ3) is 37.9. The monoisotopic (exact) mass is 731 g/mol. The quantitative estimate of drug-likeness (QED) is 0.0398. The van der Waals surface area contributed by atoms with Gasteiger partial charge in [0.15, 0.2) is 0 Å². The van der Waals surface area contributed by atoms with E-state index in [0.717, 1.165) is 62.4 Å². The summed E-state index contributed by atoms with van der Waals surface area (Å²) < 4.78 is 12.0. The van der Waals surface area contributed by atoms with E-state index in [2.05, 4.69) is 40.3 Å². The van der Waals surface area contributed by atoms with Crippen LogP contribution in [-0.2, 0) is 23.9 Å². The minimum atomic E-state index is -0.810. The third-order valence-corrected chi connectivity index (χ3v) is 9.49. The third-order valence-electron chi connectivity index (χ3n) is 9.49. The predicted molar refractivity (Wildman–Crippen MR) is 207 cm³/mol. The minimum absolute atomic E-state index is 0. The number of hydrogen-bond acceptors (Lipinski definition) is 5. The van der Waals surface area contributed by atoms with Crippen molar-refractivity contribution < 1.29 is 40.7 Å². The van der Waals surface area contributed by atoms with Gasteiger partial charge in [-0.05, 0) is 38.5 Å². The van der Waals surface area contributed by atoms with Gasteiger partial charge in [-0.2, -0.15) is 0 Å². The van der Waals surface area contributed by atoms with Gasteiger partial charge in [0.25, 0.3) is 0 Å². The Morgan fingerprint density at radius 1 is 0.500 bits per heavy atom. The van der Waals surface area contributed by atoms with Gasteiger partial charge in [-0.25, -0.2) is 4.79 Å². The van der Waals surface area contributed by atoms with Crippen LogP contribution in [0.25, 0.3) is 0 Å². The van der Waals surface area contributed by atoms with Gasteiger partial charge in [-0.15, -0.1) is 0 Å². The first-order chi connectivity index (χ1) is 23.7. The van der Waals surface area contributed by atoms with E-state index >= 15 is 0 Å². The molecule has 0 aromatic carbocycles. The van der Waals surface area contributed by atoms with Crippen LogP contribution in [0.1, 0.15) is 206 Å². The first kappa shape index (κ1) is 50.8. The fourth-order valence-electron chi connectivity index (χ4n) is 6.24. The number of halogens is 1. The van der Waals surface area contributed by atoms with Gasteiger partial charge in [-0.3, -0.25) is 9.59 Å². The molecule has 1 atom stereocenters. The van der Waals surface area contributed by atoms with Crippen LogP contribution >= 0.6 is 0 Å². The summed E-state index contributed by atoms with van der Waals surface area (Å²) in [6, 6.07) is -0.810. The molecule has 0 spiro atoms. The van der Waals surface area contributed by atoms with Crippen molar-refractivity contribution in [3.8, 4) is 0 Å². The molecule has 7 nitrogen and oxygen atoms in total. The smallest absolute Gasteiger partial charge is 0.328 e. The van der Waals surface area contributed by atoms with Gasteiger partial charge in [0.2, 0.25) is 5.91 Å². The number of nitrogens with zero attached hydrogens (tertiary/aromatic N) is 1. The van der Waals surface area contributed by atoms with Gasteiger partial charge >= 0.3 is 11.9 Å². The summed E-state index contributed by atoms with van der Waals surface area (Å²) in [6.07, 6.45) is 33.7. The highest BCUT2D eigenvalue weighted by molar-refractivity contribution is 5.85. The normalized spacial score (nSPS) is 11.9. The molecular formula is C42H83ClN2O5. The first-order valence-corrected chi connectivity index (χ1v) is 21.1. The maximum Gasteiger partial charge on any atom is 0.328 e. The summed E-state index contributed by atoms with van der Waals surface area (Å²) in [7, 11) is 6.51. The second kappa shape index (κ2) is 37.4. The molecule has 0 fully saturated rings. The van der Waals surface area contributed by atoms with Crippen LogP contribution in [0.4, 0.5) is 0 Å². The van der Waals surface area contributed by atoms with E-state index in [4.69, 9.17) is 9.47 Å². The fraction of sp³-hybridized carbons (Fsp3) is 0.929. The SMILES string of the molecule is CCCCCCCCCCCCCCOC(=O)CCC(NC(=O)CCCCC[N+](C)(C)C)C(=O)OCCCCCCCCCCCCCC.[Cl-]. The van der Waals surface area contributed by atoms with Crippen molar-refractivity contribution in [1.82, 2.24) is 5.32 Å². The highest BCUT2D eigenvalue weighted by Crippen LogP contribution is 2.14. The van der Waals surface area contributed by atoms with Crippen LogP contribution in [0.2, 0.25) is 0 Å². The maximum atomic E-state index is 13.0. The highest BCUT2D eigenvalue weighted by atomic mass is 35.5. The summed E-state index contributed by atoms with van der Waals surface area (Å²) in [6.45, 7) is 6.36. The number of unbranched alkanes of at least 4 members (excludes halogenated alkanes) is 24. The number of carbonyl (C=O) groups is 3. The lowest BCUT2D eigenvalue weighted by Gasteiger charge is -2.23. The second-order valence-corrected chi connectivity index (χ2v) is 15.6. The lowest BCUT2D eigenvalue weighted by atomic mass is 10.1. The van der Waals surface area contributed by atoms with E-state index in [-0.39, 0.29) is 37.1 Å². The Kier molecular flexibility index (Phi) is 38.0. The lowest BCUT2D eigenvalue weighted by molar-refractivity contribution is -0.870. The van der Waals surface area contributed by atoms with Crippen molar-refractivity contribution >= 4 is 17.8 Å². The molecule has 0 rings (SSSR count). The molecule has 0 bridgehead atoms. The van der Waals surface area contributed by atoms with E-state index in [1.165, 1.54) is 122 Å². The van der Waals surface area contributed by atoms with Crippen LogP contribution in [0.5, 0.6) is 0 Å². The largest absolute Gasteiger partial charge is 1.00 e. The molecule has 1 amide bonds. The molecule has 0 radical (unpaired) electrons. The molecular weight excluding hydrogens is 648 g/mol. The summed E-state index contributed by atoms with van der Waals surface area (Å²) in [4.78, 5) is 38.2. The Balaban J connectivity index is 0. The lowest BCUT2D eigenvalue weighted by Crippen LogP contribution is -3.00. The first-order valence-electron chi connectivity index (χ1n) is 21.1. The molecule has 0 aliphatic rings. The van der Waals surface area contributed by atoms with E-state index in [1.807, 2.05) is 0 Å². The van der Waals surface area contributed by atoms with E-state index in [0.29, 0.717) is 19.6 Å². The Morgan fingerprint density at radius 3 is 1.30 bits per heavy atom. The molecule has 0 aromatic rings. The zero-order valence-corrected chi connectivity index (χ0v) is 34.5. The van der Waals surface area contributed by atoms with Crippen LogP contribution < -0.4 is 17.7 Å². The molecule has 0 saturated heterocycles. The molecule has 0 aromatic heterocycles. The zero-order chi connectivity index (χ0) is 36.3. The summed E-state index contributed by atoms with van der Waals surface area (Å²) in [5, 5.41) is 2.87. The number of nitrogens with one attached hydrogen (secondary N) is 1. The van der Waals surface area contributed by atoms with Crippen molar-refractivity contribution in [3.63, 3.8) is 0 Å². The molecule has 0 aliphatic heterocycles. The van der Waals surface area contributed by atoms with Crippen LogP contribution in [0.3, 0.4) is 0 Å². The fourth-order valence-corrected chi connectivity index (χ4v) is 6.24. The molecule has 0 heterocycles. The summed E-state index contributed by atoms with van der Waals surface area (Å²) in [5.74, 6) is -0.894. The number of rotatable bonds is 37. The Bertz CT molecular complexity index is 774. The van der Waals surface area contributed by atoms with Gasteiger partial charge in [0.1, 0.15) is 6.04 Å². The van der Waals surface area contributed by atoms with Crippen LogP contribution in [-0.4, -0.2) is 69.3 Å². The van der Waals surface area contributed by atoms with Crippen molar-refractivity contribution in [2.45, 2.75) is 213 Å². The average Bonchev–Trinajstić information content (AvgIpc) is 3.06.